The summed E-state index contributed by atoms with van der Waals surface area (Å²) < 4.78 is 38.4. The maximum atomic E-state index is 12.7. The quantitative estimate of drug-likeness (QED) is 0.329. The lowest BCUT2D eigenvalue weighted by Gasteiger charge is -2.12. The van der Waals surface area contributed by atoms with Crippen LogP contribution < -0.4 is 14.2 Å². The second-order valence-corrected chi connectivity index (χ2v) is 9.77. The summed E-state index contributed by atoms with van der Waals surface area (Å²) in [6.45, 7) is 0.233. The molecule has 2 aromatic carbocycles. The summed E-state index contributed by atoms with van der Waals surface area (Å²) in [6.07, 6.45) is 7.34. The summed E-state index contributed by atoms with van der Waals surface area (Å²) in [7, 11) is -0.763. The van der Waals surface area contributed by atoms with Gasteiger partial charge in [-0.1, -0.05) is 36.4 Å². The monoisotopic (exact) mass is 510 g/mol. The number of methoxy groups -OCH3 is 2. The molecule has 3 rings (SSSR count). The summed E-state index contributed by atoms with van der Waals surface area (Å²) in [5.41, 5.74) is 3.88. The highest BCUT2D eigenvalue weighted by atomic mass is 32.2. The third-order valence-electron chi connectivity index (χ3n) is 5.55. The smallest absolute Gasteiger partial charge is 0.303 e. The molecule has 0 saturated heterocycles. The van der Waals surface area contributed by atoms with Crippen LogP contribution in [0, 0.1) is 0 Å². The molecule has 190 valence electrons. The number of nitrogens with zero attached hydrogens (tertiary/aromatic N) is 1. The van der Waals surface area contributed by atoms with Crippen LogP contribution in [0.2, 0.25) is 0 Å². The molecule has 3 aromatic rings. The maximum Gasteiger partial charge on any atom is 0.303 e. The van der Waals surface area contributed by atoms with Crippen LogP contribution in [-0.4, -0.2) is 45.2 Å². The highest BCUT2D eigenvalue weighted by Gasteiger charge is 2.16. The summed E-state index contributed by atoms with van der Waals surface area (Å²) in [6, 6.07) is 16.2. The lowest BCUT2D eigenvalue weighted by molar-refractivity contribution is -0.137. The lowest BCUT2D eigenvalue weighted by Crippen LogP contribution is -2.26. The molecule has 0 aliphatic carbocycles. The van der Waals surface area contributed by atoms with Crippen molar-refractivity contribution < 1.29 is 27.8 Å². The highest BCUT2D eigenvalue weighted by molar-refractivity contribution is 7.89. The number of hydrogen-bond donors (Lipinski definition) is 2. The van der Waals surface area contributed by atoms with Gasteiger partial charge in [0.15, 0.2) is 11.5 Å². The number of unbranched alkanes of at least 4 members (excludes halogenated alkanes) is 1. The zero-order valence-corrected chi connectivity index (χ0v) is 21.1. The average Bonchev–Trinajstić information content (AvgIpc) is 2.89. The molecule has 1 aromatic heterocycles. The fourth-order valence-electron chi connectivity index (χ4n) is 3.67. The van der Waals surface area contributed by atoms with Crippen molar-refractivity contribution in [2.45, 2.75) is 30.6 Å². The summed E-state index contributed by atoms with van der Waals surface area (Å²) in [4.78, 5) is 15.1. The van der Waals surface area contributed by atoms with Crippen molar-refractivity contribution >= 4 is 21.6 Å². The van der Waals surface area contributed by atoms with Crippen LogP contribution in [0.25, 0.3) is 5.57 Å². The van der Waals surface area contributed by atoms with E-state index in [0.29, 0.717) is 30.8 Å². The second-order valence-electron chi connectivity index (χ2n) is 8.01. The number of hydrogen-bond acceptors (Lipinski definition) is 6. The maximum absolute atomic E-state index is 12.7. The first-order chi connectivity index (χ1) is 17.3. The minimum atomic E-state index is -3.71. The molecule has 0 spiro atoms. The minimum absolute atomic E-state index is 0.102. The fraction of sp³-hybridized carbons (Fsp3) is 0.259. The van der Waals surface area contributed by atoms with E-state index in [4.69, 9.17) is 14.6 Å². The summed E-state index contributed by atoms with van der Waals surface area (Å²) >= 11 is 0. The summed E-state index contributed by atoms with van der Waals surface area (Å²) in [5.74, 6) is -0.00744. The van der Waals surface area contributed by atoms with Crippen LogP contribution >= 0.6 is 0 Å². The Labute approximate surface area is 211 Å². The second kappa shape index (κ2) is 12.9. The topological polar surface area (TPSA) is 115 Å². The molecule has 0 aliphatic rings. The molecule has 0 unspecified atom stereocenters. The van der Waals surface area contributed by atoms with Gasteiger partial charge < -0.3 is 14.6 Å². The first-order valence-corrected chi connectivity index (χ1v) is 13.0. The standard InChI is InChI=1S/C27H30N2O6S/c1-34-25-14-13-23(18-26(25)35-2)36(32,33)29-17-15-20-9-11-21(12-10-20)24(7-3-4-8-27(30)31)22-6-5-16-28-19-22/h5-7,9-14,16,18-19,29H,3-4,8,15,17H2,1-2H3,(H,30,31)/b24-7-. The number of sulfonamides is 1. The number of benzene rings is 2. The van der Waals surface area contributed by atoms with Crippen LogP contribution in [-0.2, 0) is 21.2 Å². The zero-order chi connectivity index (χ0) is 26.0. The predicted molar refractivity (Wildman–Crippen MR) is 138 cm³/mol. The van der Waals surface area contributed by atoms with E-state index in [1.807, 2.05) is 42.5 Å². The Balaban J connectivity index is 1.66. The number of rotatable bonds is 13. The van der Waals surface area contributed by atoms with E-state index in [9.17, 15) is 13.2 Å². The largest absolute Gasteiger partial charge is 0.493 e. The predicted octanol–water partition coefficient (Wildman–Crippen LogP) is 4.31. The Hall–Kier alpha value is -3.69. The van der Waals surface area contributed by atoms with Gasteiger partial charge in [-0.25, -0.2) is 13.1 Å². The van der Waals surface area contributed by atoms with E-state index in [1.165, 1.54) is 26.4 Å². The van der Waals surface area contributed by atoms with Gasteiger partial charge in [-0.2, -0.15) is 0 Å². The Kier molecular flexibility index (Phi) is 9.61. The third-order valence-corrected chi connectivity index (χ3v) is 7.01. The molecular formula is C27H30N2O6S. The lowest BCUT2D eigenvalue weighted by atomic mass is 9.96. The molecule has 0 bridgehead atoms. The van der Waals surface area contributed by atoms with Gasteiger partial charge in [0.1, 0.15) is 0 Å². The Bertz CT molecular complexity index is 1290. The number of allylic oxidation sites excluding steroid dienone is 1. The molecule has 0 atom stereocenters. The van der Waals surface area contributed by atoms with Gasteiger partial charge in [0.25, 0.3) is 0 Å². The SMILES string of the molecule is COc1ccc(S(=O)(=O)NCCc2ccc(/C(=C/CCCC(=O)O)c3cccnc3)cc2)cc1OC. The number of carboxylic acids is 1. The first-order valence-electron chi connectivity index (χ1n) is 11.5. The molecule has 0 radical (unpaired) electrons. The van der Waals surface area contributed by atoms with Gasteiger partial charge >= 0.3 is 5.97 Å². The number of nitrogens with one attached hydrogen (secondary N) is 1. The number of carbonyl (C=O) groups is 1. The van der Waals surface area contributed by atoms with Gasteiger partial charge in [0.2, 0.25) is 10.0 Å². The van der Waals surface area contributed by atoms with Crippen LogP contribution in [0.4, 0.5) is 0 Å². The van der Waals surface area contributed by atoms with Gasteiger partial charge in [-0.3, -0.25) is 9.78 Å². The molecule has 0 aliphatic heterocycles. The van der Waals surface area contributed by atoms with Gasteiger partial charge in [-0.15, -0.1) is 0 Å². The number of pyridine rings is 1. The fourth-order valence-corrected chi connectivity index (χ4v) is 4.72. The highest BCUT2D eigenvalue weighted by Crippen LogP contribution is 2.29. The van der Waals surface area contributed by atoms with Crippen LogP contribution in [0.1, 0.15) is 36.0 Å². The Morgan fingerprint density at radius 2 is 1.78 bits per heavy atom. The average molecular weight is 511 g/mol. The number of ether oxygens (including phenoxy) is 2. The van der Waals surface area contributed by atoms with Crippen molar-refractivity contribution in [3.05, 3.63) is 89.8 Å². The molecule has 0 fully saturated rings. The molecular weight excluding hydrogens is 480 g/mol. The minimum Gasteiger partial charge on any atom is -0.493 e. The van der Waals surface area contributed by atoms with E-state index in [2.05, 4.69) is 9.71 Å². The van der Waals surface area contributed by atoms with Crippen molar-refractivity contribution in [2.24, 2.45) is 0 Å². The Morgan fingerprint density at radius 1 is 1.03 bits per heavy atom. The number of aliphatic carboxylic acids is 1. The van der Waals surface area contributed by atoms with E-state index in [-0.39, 0.29) is 17.9 Å². The van der Waals surface area contributed by atoms with Gasteiger partial charge in [0, 0.05) is 37.0 Å². The molecule has 8 nitrogen and oxygen atoms in total. The van der Waals surface area contributed by atoms with Crippen molar-refractivity contribution in [2.75, 3.05) is 20.8 Å². The van der Waals surface area contributed by atoms with Gasteiger partial charge in [-0.05, 0) is 54.2 Å². The van der Waals surface area contributed by atoms with Crippen LogP contribution in [0.5, 0.6) is 11.5 Å². The Morgan fingerprint density at radius 3 is 2.42 bits per heavy atom. The van der Waals surface area contributed by atoms with Crippen molar-refractivity contribution in [1.29, 1.82) is 0 Å². The normalized spacial score (nSPS) is 11.8. The molecule has 0 amide bonds. The van der Waals surface area contributed by atoms with Gasteiger partial charge in [0.05, 0.1) is 19.1 Å². The van der Waals surface area contributed by atoms with E-state index in [1.54, 1.807) is 18.5 Å². The molecule has 9 heteroatoms. The van der Waals surface area contributed by atoms with Crippen molar-refractivity contribution in [3.63, 3.8) is 0 Å². The molecule has 0 saturated carbocycles. The third kappa shape index (κ3) is 7.40. The van der Waals surface area contributed by atoms with E-state index in [0.717, 1.165) is 22.3 Å². The number of aromatic nitrogens is 1. The van der Waals surface area contributed by atoms with Crippen molar-refractivity contribution in [3.8, 4) is 11.5 Å². The number of carboxylic acid groups (broad SMARTS) is 1. The molecule has 36 heavy (non-hydrogen) atoms. The van der Waals surface area contributed by atoms with Crippen LogP contribution in [0.15, 0.2) is 78.0 Å². The molecule has 1 heterocycles. The van der Waals surface area contributed by atoms with Crippen LogP contribution in [0.3, 0.4) is 0 Å². The van der Waals surface area contributed by atoms with Crippen molar-refractivity contribution in [1.82, 2.24) is 9.71 Å². The van der Waals surface area contributed by atoms with E-state index < -0.39 is 16.0 Å². The first kappa shape index (κ1) is 26.9. The van der Waals surface area contributed by atoms with E-state index >= 15 is 0 Å². The summed E-state index contributed by atoms with van der Waals surface area (Å²) in [5, 5.41) is 8.89. The molecule has 2 N–H and O–H groups in total. The zero-order valence-electron chi connectivity index (χ0n) is 20.3.